The van der Waals surface area contributed by atoms with Gasteiger partial charge < -0.3 is 4.57 Å². The molecule has 0 unspecified atom stereocenters. The second-order valence-electron chi connectivity index (χ2n) is 4.65. The van der Waals surface area contributed by atoms with Gasteiger partial charge >= 0.3 is 0 Å². The van der Waals surface area contributed by atoms with Crippen LogP contribution in [-0.4, -0.2) is 10.9 Å². The van der Waals surface area contributed by atoms with Crippen molar-refractivity contribution in [1.82, 2.24) is 4.57 Å². The molecule has 0 spiro atoms. The fraction of sp³-hybridized carbons (Fsp3) is 0.0625. The van der Waals surface area contributed by atoms with Crippen LogP contribution in [0.4, 0.5) is 4.39 Å². The number of fused-ring (bicyclic) bond motifs is 1. The largest absolute Gasteiger partial charge is 0.303 e. The molecule has 0 amide bonds. The molecule has 0 atom stereocenters. The molecular weight excluding hydrogens is 321 g/mol. The molecule has 0 saturated carbocycles. The molecule has 0 N–H and O–H groups in total. The molecule has 1 aromatic heterocycles. The van der Waals surface area contributed by atoms with Gasteiger partial charge in [0.2, 0.25) is 0 Å². The number of hydrogen-bond donors (Lipinski definition) is 0. The van der Waals surface area contributed by atoms with Gasteiger partial charge in [0.1, 0.15) is 10.4 Å². The number of benzene rings is 2. The quantitative estimate of drug-likeness (QED) is 0.626. The number of aldehydes is 1. The fourth-order valence-electron chi connectivity index (χ4n) is 2.31. The van der Waals surface area contributed by atoms with E-state index >= 15 is 0 Å². The van der Waals surface area contributed by atoms with E-state index in [9.17, 15) is 9.18 Å². The van der Waals surface area contributed by atoms with Gasteiger partial charge in [0, 0.05) is 11.1 Å². The molecule has 0 aliphatic carbocycles. The first-order valence-electron chi connectivity index (χ1n) is 6.13. The number of halogens is 2. The van der Waals surface area contributed by atoms with Crippen molar-refractivity contribution in [2.75, 3.05) is 0 Å². The summed E-state index contributed by atoms with van der Waals surface area (Å²) in [6, 6.07) is 12.4. The van der Waals surface area contributed by atoms with E-state index in [0.717, 1.165) is 23.1 Å². The van der Waals surface area contributed by atoms with Crippen LogP contribution in [0.1, 0.15) is 15.9 Å². The first-order chi connectivity index (χ1) is 9.61. The summed E-state index contributed by atoms with van der Waals surface area (Å²) in [6.07, 6.45) is 0.747. The third-order valence-electron chi connectivity index (χ3n) is 3.32. The standard InChI is InChI=1S/C16H11BrFNO/c1-10-2-5-12(6-3-10)19-15-7-4-11(18)8-13(15)14(9-20)16(19)17/h2-9H,1H3. The zero-order chi connectivity index (χ0) is 14.3. The number of hydrogen-bond acceptors (Lipinski definition) is 1. The molecule has 0 saturated heterocycles. The maximum atomic E-state index is 13.4. The van der Waals surface area contributed by atoms with Gasteiger partial charge in [-0.15, -0.1) is 0 Å². The highest BCUT2D eigenvalue weighted by Gasteiger charge is 2.16. The minimum Gasteiger partial charge on any atom is -0.303 e. The zero-order valence-electron chi connectivity index (χ0n) is 10.7. The van der Waals surface area contributed by atoms with Crippen molar-refractivity contribution in [2.24, 2.45) is 0 Å². The van der Waals surface area contributed by atoms with E-state index in [1.807, 2.05) is 35.8 Å². The Labute approximate surface area is 124 Å². The van der Waals surface area contributed by atoms with Crippen molar-refractivity contribution in [3.8, 4) is 5.69 Å². The summed E-state index contributed by atoms with van der Waals surface area (Å²) >= 11 is 3.44. The second-order valence-corrected chi connectivity index (χ2v) is 5.41. The van der Waals surface area contributed by atoms with Crippen LogP contribution in [0.15, 0.2) is 47.1 Å². The van der Waals surface area contributed by atoms with E-state index < -0.39 is 0 Å². The molecule has 2 aromatic carbocycles. The average molecular weight is 332 g/mol. The number of nitrogens with zero attached hydrogens (tertiary/aromatic N) is 1. The molecule has 3 aromatic rings. The molecular formula is C16H11BrFNO. The van der Waals surface area contributed by atoms with Crippen molar-refractivity contribution in [3.63, 3.8) is 0 Å². The van der Waals surface area contributed by atoms with E-state index in [0.29, 0.717) is 15.6 Å². The summed E-state index contributed by atoms with van der Waals surface area (Å²) in [5.74, 6) is -0.353. The lowest BCUT2D eigenvalue weighted by molar-refractivity contribution is 0.112. The van der Waals surface area contributed by atoms with Gasteiger partial charge in [-0.1, -0.05) is 17.7 Å². The summed E-state index contributed by atoms with van der Waals surface area (Å²) in [4.78, 5) is 11.3. The van der Waals surface area contributed by atoms with Crippen LogP contribution >= 0.6 is 15.9 Å². The minimum atomic E-state index is -0.353. The van der Waals surface area contributed by atoms with E-state index in [1.54, 1.807) is 6.07 Å². The Kier molecular flexibility index (Phi) is 3.18. The normalized spacial score (nSPS) is 10.9. The number of aryl methyl sites for hydroxylation is 1. The van der Waals surface area contributed by atoms with Gasteiger partial charge in [0.25, 0.3) is 0 Å². The molecule has 2 nitrogen and oxygen atoms in total. The summed E-state index contributed by atoms with van der Waals surface area (Å²) in [7, 11) is 0. The zero-order valence-corrected chi connectivity index (χ0v) is 12.3. The van der Waals surface area contributed by atoms with Gasteiger partial charge in [0.15, 0.2) is 6.29 Å². The number of carbonyl (C=O) groups excluding carboxylic acids is 1. The lowest BCUT2D eigenvalue weighted by atomic mass is 10.2. The highest BCUT2D eigenvalue weighted by molar-refractivity contribution is 9.10. The fourth-order valence-corrected chi connectivity index (χ4v) is 3.02. The van der Waals surface area contributed by atoms with Crippen LogP contribution < -0.4 is 0 Å². The van der Waals surface area contributed by atoms with Crippen molar-refractivity contribution in [3.05, 3.63) is 64.0 Å². The van der Waals surface area contributed by atoms with Crippen molar-refractivity contribution in [2.45, 2.75) is 6.92 Å². The predicted molar refractivity (Wildman–Crippen MR) is 81.1 cm³/mol. The van der Waals surface area contributed by atoms with Crippen LogP contribution in [0, 0.1) is 12.7 Å². The first-order valence-corrected chi connectivity index (χ1v) is 6.93. The summed E-state index contributed by atoms with van der Waals surface area (Å²) in [5, 5.41) is 0.604. The molecule has 20 heavy (non-hydrogen) atoms. The molecule has 100 valence electrons. The van der Waals surface area contributed by atoms with Crippen molar-refractivity contribution < 1.29 is 9.18 Å². The van der Waals surface area contributed by atoms with E-state index in [4.69, 9.17) is 0 Å². The Hall–Kier alpha value is -1.94. The van der Waals surface area contributed by atoms with Crippen LogP contribution in [0.3, 0.4) is 0 Å². The molecule has 0 aliphatic rings. The number of aromatic nitrogens is 1. The maximum absolute atomic E-state index is 13.4. The van der Waals surface area contributed by atoms with Crippen molar-refractivity contribution >= 4 is 33.1 Å². The highest BCUT2D eigenvalue weighted by atomic mass is 79.9. The van der Waals surface area contributed by atoms with Crippen molar-refractivity contribution in [1.29, 1.82) is 0 Å². The first kappa shape index (κ1) is 13.1. The van der Waals surface area contributed by atoms with Gasteiger partial charge in [-0.05, 0) is 53.2 Å². The molecule has 3 rings (SSSR count). The topological polar surface area (TPSA) is 22.0 Å². The van der Waals surface area contributed by atoms with E-state index in [2.05, 4.69) is 15.9 Å². The van der Waals surface area contributed by atoms with Gasteiger partial charge in [-0.25, -0.2) is 4.39 Å². The van der Waals surface area contributed by atoms with E-state index in [-0.39, 0.29) is 5.82 Å². The SMILES string of the molecule is Cc1ccc(-n2c(Br)c(C=O)c3cc(F)ccc32)cc1. The highest BCUT2D eigenvalue weighted by Crippen LogP contribution is 2.32. The Morgan fingerprint density at radius 3 is 2.50 bits per heavy atom. The summed E-state index contributed by atoms with van der Waals surface area (Å²) < 4.78 is 15.9. The predicted octanol–water partition coefficient (Wildman–Crippen LogP) is 4.65. The third-order valence-corrected chi connectivity index (χ3v) is 4.10. The van der Waals surface area contributed by atoms with E-state index in [1.165, 1.54) is 12.1 Å². The Bertz CT molecular complexity index is 805. The van der Waals surface area contributed by atoms with Gasteiger partial charge in [0.05, 0.1) is 11.1 Å². The maximum Gasteiger partial charge on any atom is 0.153 e. The molecule has 0 radical (unpaired) electrons. The number of carbonyl (C=O) groups is 1. The van der Waals surface area contributed by atoms with Crippen LogP contribution in [0.5, 0.6) is 0 Å². The Morgan fingerprint density at radius 2 is 1.85 bits per heavy atom. The average Bonchev–Trinajstić information content (AvgIpc) is 2.71. The van der Waals surface area contributed by atoms with Crippen LogP contribution in [0.2, 0.25) is 0 Å². The molecule has 0 fully saturated rings. The summed E-state index contributed by atoms with van der Waals surface area (Å²) in [6.45, 7) is 2.01. The smallest absolute Gasteiger partial charge is 0.153 e. The molecule has 0 aliphatic heterocycles. The van der Waals surface area contributed by atoms with Crippen LogP contribution in [-0.2, 0) is 0 Å². The lowest BCUT2D eigenvalue weighted by Crippen LogP contribution is -1.94. The Balaban J connectivity index is 2.38. The summed E-state index contributed by atoms with van der Waals surface area (Å²) in [5.41, 5.74) is 3.33. The molecule has 0 bridgehead atoms. The Morgan fingerprint density at radius 1 is 1.15 bits per heavy atom. The van der Waals surface area contributed by atoms with Gasteiger partial charge in [-0.3, -0.25) is 4.79 Å². The minimum absolute atomic E-state index is 0.353. The van der Waals surface area contributed by atoms with Gasteiger partial charge in [-0.2, -0.15) is 0 Å². The van der Waals surface area contributed by atoms with Crippen LogP contribution in [0.25, 0.3) is 16.6 Å². The lowest BCUT2D eigenvalue weighted by Gasteiger charge is -2.07. The molecule has 4 heteroatoms. The third kappa shape index (κ3) is 1.96. The second kappa shape index (κ2) is 4.87. The monoisotopic (exact) mass is 331 g/mol. The number of rotatable bonds is 2. The molecule has 1 heterocycles.